The minimum atomic E-state index is -0.298. The molecule has 1 aliphatic rings. The predicted octanol–water partition coefficient (Wildman–Crippen LogP) is 2.64. The lowest BCUT2D eigenvalue weighted by Gasteiger charge is -2.42. The molecule has 0 spiro atoms. The number of halogens is 1. The maximum Gasteiger partial charge on any atom is 0.274 e. The van der Waals surface area contributed by atoms with Crippen LogP contribution < -0.4 is 5.32 Å². The molecule has 0 atom stereocenters. The van der Waals surface area contributed by atoms with Crippen molar-refractivity contribution in [2.75, 3.05) is 0 Å². The first kappa shape index (κ1) is 15.6. The van der Waals surface area contributed by atoms with Gasteiger partial charge in [-0.2, -0.15) is 9.90 Å². The van der Waals surface area contributed by atoms with Crippen LogP contribution in [-0.4, -0.2) is 26.4 Å². The molecule has 1 heterocycles. The number of carbonyl (C=O) groups excluding carboxylic acids is 1. The number of benzene rings is 1. The number of aromatic nitrogens is 3. The summed E-state index contributed by atoms with van der Waals surface area (Å²) in [5, 5.41) is 11.6. The number of hydrogen-bond donors (Lipinski definition) is 1. The lowest BCUT2D eigenvalue weighted by Crippen LogP contribution is -2.55. The summed E-state index contributed by atoms with van der Waals surface area (Å²) in [5.74, 6) is -0.441. The molecule has 3 rings (SSSR count). The molecule has 0 bridgehead atoms. The Kier molecular flexibility index (Phi) is 4.15. The molecule has 122 valence electrons. The van der Waals surface area contributed by atoms with Crippen LogP contribution in [0.25, 0.3) is 0 Å². The summed E-state index contributed by atoms with van der Waals surface area (Å²) in [6, 6.07) is 6.57. The van der Waals surface area contributed by atoms with Gasteiger partial charge in [-0.15, -0.1) is 5.10 Å². The fourth-order valence-corrected chi connectivity index (χ4v) is 3.07. The second-order valence-electron chi connectivity index (χ2n) is 6.22. The number of aryl methyl sites for hydroxylation is 2. The summed E-state index contributed by atoms with van der Waals surface area (Å²) in [7, 11) is 0. The van der Waals surface area contributed by atoms with Crippen LogP contribution in [-0.2, 0) is 13.0 Å². The Balaban J connectivity index is 1.75. The van der Waals surface area contributed by atoms with Gasteiger partial charge in [0.2, 0.25) is 0 Å². The Bertz CT molecular complexity index is 721. The van der Waals surface area contributed by atoms with E-state index in [9.17, 15) is 9.18 Å². The third-order valence-electron chi connectivity index (χ3n) is 4.44. The lowest BCUT2D eigenvalue weighted by atomic mass is 9.72. The largest absolute Gasteiger partial charge is 0.345 e. The summed E-state index contributed by atoms with van der Waals surface area (Å²) in [5.41, 5.74) is 1.61. The van der Waals surface area contributed by atoms with E-state index >= 15 is 0 Å². The van der Waals surface area contributed by atoms with Crippen LogP contribution in [0.4, 0.5) is 4.39 Å². The van der Waals surface area contributed by atoms with Crippen LogP contribution in [0.1, 0.15) is 47.9 Å². The van der Waals surface area contributed by atoms with Gasteiger partial charge in [-0.1, -0.05) is 12.1 Å². The zero-order valence-corrected chi connectivity index (χ0v) is 13.5. The van der Waals surface area contributed by atoms with Crippen molar-refractivity contribution in [2.45, 2.75) is 51.6 Å². The molecule has 23 heavy (non-hydrogen) atoms. The quantitative estimate of drug-likeness (QED) is 0.922. The summed E-state index contributed by atoms with van der Waals surface area (Å²) >= 11 is 0. The van der Waals surface area contributed by atoms with E-state index in [1.807, 2.05) is 13.0 Å². The maximum absolute atomic E-state index is 13.4. The zero-order chi connectivity index (χ0) is 16.4. The summed E-state index contributed by atoms with van der Waals surface area (Å²) in [4.78, 5) is 14.1. The van der Waals surface area contributed by atoms with Gasteiger partial charge < -0.3 is 5.32 Å². The van der Waals surface area contributed by atoms with E-state index < -0.39 is 0 Å². The van der Waals surface area contributed by atoms with Crippen LogP contribution in [0.2, 0.25) is 0 Å². The lowest BCUT2D eigenvalue weighted by molar-refractivity contribution is 0.0820. The van der Waals surface area contributed by atoms with Gasteiger partial charge in [0.05, 0.1) is 12.2 Å². The van der Waals surface area contributed by atoms with Crippen LogP contribution in [0.5, 0.6) is 0 Å². The minimum Gasteiger partial charge on any atom is -0.345 e. The molecule has 0 radical (unpaired) electrons. The van der Waals surface area contributed by atoms with Crippen molar-refractivity contribution in [3.8, 4) is 0 Å². The second-order valence-corrected chi connectivity index (χ2v) is 6.22. The topological polar surface area (TPSA) is 59.8 Å². The summed E-state index contributed by atoms with van der Waals surface area (Å²) in [6.45, 7) is 4.34. The molecule has 1 aromatic carbocycles. The number of rotatable bonds is 5. The average Bonchev–Trinajstić information content (AvgIpc) is 2.86. The number of amides is 1. The Morgan fingerprint density at radius 3 is 2.74 bits per heavy atom. The Morgan fingerprint density at radius 2 is 2.17 bits per heavy atom. The van der Waals surface area contributed by atoms with Gasteiger partial charge in [-0.3, -0.25) is 4.79 Å². The molecular weight excluding hydrogens is 295 g/mol. The first-order chi connectivity index (χ1) is 11.0. The molecule has 1 aromatic heterocycles. The standard InChI is InChI=1S/C17H21FN4O/c1-3-22-20-12(2)15(21-22)16(23)19-17(8-5-9-17)11-13-6-4-7-14(18)10-13/h4,6-7,10H,3,5,8-9,11H2,1-2H3,(H,19,23). The summed E-state index contributed by atoms with van der Waals surface area (Å²) in [6.07, 6.45) is 3.50. The second kappa shape index (κ2) is 6.10. The van der Waals surface area contributed by atoms with E-state index in [-0.39, 0.29) is 17.3 Å². The first-order valence-corrected chi connectivity index (χ1v) is 8.00. The molecule has 1 fully saturated rings. The molecule has 1 saturated carbocycles. The minimum absolute atomic E-state index is 0.196. The van der Waals surface area contributed by atoms with Gasteiger partial charge in [0.15, 0.2) is 5.69 Å². The van der Waals surface area contributed by atoms with Crippen molar-refractivity contribution >= 4 is 5.91 Å². The highest BCUT2D eigenvalue weighted by Crippen LogP contribution is 2.35. The SMILES string of the molecule is CCn1nc(C)c(C(=O)NC2(Cc3cccc(F)c3)CCC2)n1. The first-order valence-electron chi connectivity index (χ1n) is 8.00. The van der Waals surface area contributed by atoms with Crippen molar-refractivity contribution in [1.29, 1.82) is 0 Å². The van der Waals surface area contributed by atoms with Crippen LogP contribution in [0.15, 0.2) is 24.3 Å². The third kappa shape index (κ3) is 3.25. The Morgan fingerprint density at radius 1 is 1.39 bits per heavy atom. The normalized spacial score (nSPS) is 16.0. The van der Waals surface area contributed by atoms with Gasteiger partial charge in [0.25, 0.3) is 5.91 Å². The molecule has 2 aromatic rings. The molecule has 1 N–H and O–H groups in total. The smallest absolute Gasteiger partial charge is 0.274 e. The Labute approximate surface area is 134 Å². The van der Waals surface area contributed by atoms with E-state index in [2.05, 4.69) is 15.5 Å². The van der Waals surface area contributed by atoms with Crippen LogP contribution >= 0.6 is 0 Å². The van der Waals surface area contributed by atoms with Crippen molar-refractivity contribution in [2.24, 2.45) is 0 Å². The molecule has 6 heteroatoms. The molecular formula is C17H21FN4O. The maximum atomic E-state index is 13.4. The molecule has 1 aliphatic carbocycles. The third-order valence-corrected chi connectivity index (χ3v) is 4.44. The van der Waals surface area contributed by atoms with E-state index in [1.54, 1.807) is 13.0 Å². The molecule has 0 unspecified atom stereocenters. The van der Waals surface area contributed by atoms with Crippen molar-refractivity contribution < 1.29 is 9.18 Å². The zero-order valence-electron chi connectivity index (χ0n) is 13.5. The molecule has 5 nitrogen and oxygen atoms in total. The fourth-order valence-electron chi connectivity index (χ4n) is 3.07. The van der Waals surface area contributed by atoms with E-state index in [0.717, 1.165) is 24.8 Å². The highest BCUT2D eigenvalue weighted by Gasteiger charge is 2.39. The molecule has 1 amide bonds. The van der Waals surface area contributed by atoms with Gasteiger partial charge in [0, 0.05) is 5.54 Å². The van der Waals surface area contributed by atoms with E-state index in [0.29, 0.717) is 24.4 Å². The highest BCUT2D eigenvalue weighted by molar-refractivity contribution is 5.93. The number of carbonyl (C=O) groups is 1. The van der Waals surface area contributed by atoms with E-state index in [1.165, 1.54) is 16.9 Å². The number of nitrogens with zero attached hydrogens (tertiary/aromatic N) is 3. The molecule has 0 aliphatic heterocycles. The van der Waals surface area contributed by atoms with E-state index in [4.69, 9.17) is 0 Å². The number of nitrogens with one attached hydrogen (secondary N) is 1. The van der Waals surface area contributed by atoms with Gasteiger partial charge in [-0.05, 0) is 57.2 Å². The van der Waals surface area contributed by atoms with Crippen molar-refractivity contribution in [1.82, 2.24) is 20.3 Å². The van der Waals surface area contributed by atoms with Crippen LogP contribution in [0.3, 0.4) is 0 Å². The Hall–Kier alpha value is -2.24. The average molecular weight is 316 g/mol. The van der Waals surface area contributed by atoms with Gasteiger partial charge in [0.1, 0.15) is 5.82 Å². The highest BCUT2D eigenvalue weighted by atomic mass is 19.1. The van der Waals surface area contributed by atoms with Gasteiger partial charge in [-0.25, -0.2) is 4.39 Å². The fraction of sp³-hybridized carbons (Fsp3) is 0.471. The summed E-state index contributed by atoms with van der Waals surface area (Å²) < 4.78 is 13.4. The molecule has 0 saturated heterocycles. The number of hydrogen-bond acceptors (Lipinski definition) is 3. The monoisotopic (exact) mass is 316 g/mol. The predicted molar refractivity (Wildman–Crippen MR) is 84.6 cm³/mol. The van der Waals surface area contributed by atoms with Crippen LogP contribution in [0, 0.1) is 12.7 Å². The van der Waals surface area contributed by atoms with Crippen molar-refractivity contribution in [3.63, 3.8) is 0 Å². The van der Waals surface area contributed by atoms with Gasteiger partial charge >= 0.3 is 0 Å². The van der Waals surface area contributed by atoms with Crippen molar-refractivity contribution in [3.05, 3.63) is 47.0 Å².